The van der Waals surface area contributed by atoms with E-state index in [-0.39, 0.29) is 18.9 Å². The second kappa shape index (κ2) is 3.85. The number of hydrogen-bond donors (Lipinski definition) is 0. The Hall–Kier alpha value is -0.323. The van der Waals surface area contributed by atoms with Crippen molar-refractivity contribution in [2.75, 3.05) is 0 Å². The monoisotopic (exact) mass is 88.1 g/mol. The Morgan fingerprint density at radius 2 is 1.00 bits per heavy atom. The van der Waals surface area contributed by atoms with Crippen LogP contribution in [-0.4, -0.2) is 28.8 Å². The minimum Gasteiger partial charge on any atom is -0.262 e. The number of nitrogens with zero attached hydrogens (tertiary/aromatic N) is 2. The van der Waals surface area contributed by atoms with Gasteiger partial charge in [-0.1, -0.05) is 0 Å². The van der Waals surface area contributed by atoms with Gasteiger partial charge in [-0.05, 0) is 0 Å². The van der Waals surface area contributed by atoms with Gasteiger partial charge in [0, 0.05) is 24.8 Å². The van der Waals surface area contributed by atoms with Gasteiger partial charge in [-0.15, -0.1) is 0 Å². The van der Waals surface area contributed by atoms with Crippen LogP contribution >= 0.6 is 0 Å². The smallest absolute Gasteiger partial charge is 0.0451 e. The molecule has 0 unspecified atom stereocenters. The van der Waals surface area contributed by atoms with Gasteiger partial charge in [-0.3, -0.25) is 9.97 Å². The molecule has 0 aliphatic carbocycles. The van der Waals surface area contributed by atoms with Crippen LogP contribution in [0.2, 0.25) is 0 Å². The molecule has 7 heavy (non-hydrogen) atoms. The molecule has 0 aromatic carbocycles. The quantitative estimate of drug-likeness (QED) is 0.411. The molecule has 1 aromatic heterocycles. The van der Waals surface area contributed by atoms with E-state index >= 15 is 0 Å². The SMILES string of the molecule is [LiH].c1cnccn1. The molecule has 0 aliphatic rings. The zero-order valence-corrected chi connectivity index (χ0v) is 3.20. The summed E-state index contributed by atoms with van der Waals surface area (Å²) in [6, 6.07) is 0. The molecule has 0 atom stereocenters. The summed E-state index contributed by atoms with van der Waals surface area (Å²) in [6.45, 7) is 0. The summed E-state index contributed by atoms with van der Waals surface area (Å²) in [6.07, 6.45) is 6.56. The van der Waals surface area contributed by atoms with Gasteiger partial charge in [0.25, 0.3) is 0 Å². The average Bonchev–Trinajstić information content (AvgIpc) is 1.72. The summed E-state index contributed by atoms with van der Waals surface area (Å²) in [7, 11) is 0. The molecule has 0 saturated carbocycles. The minimum atomic E-state index is 0. The minimum absolute atomic E-state index is 0. The van der Waals surface area contributed by atoms with Crippen LogP contribution in [0.4, 0.5) is 0 Å². The van der Waals surface area contributed by atoms with Crippen molar-refractivity contribution >= 4 is 18.9 Å². The Kier molecular flexibility index (Phi) is 3.68. The van der Waals surface area contributed by atoms with E-state index in [0.717, 1.165) is 0 Å². The van der Waals surface area contributed by atoms with Crippen molar-refractivity contribution in [1.82, 2.24) is 9.97 Å². The third-order valence-corrected chi connectivity index (χ3v) is 0.478. The third kappa shape index (κ3) is 2.38. The fourth-order valence-electron chi connectivity index (χ4n) is 0.253. The maximum absolute atomic E-state index is 3.72. The van der Waals surface area contributed by atoms with E-state index < -0.39 is 0 Å². The predicted molar refractivity (Wildman–Crippen MR) is 29.2 cm³/mol. The molecule has 0 bridgehead atoms. The molecule has 0 amide bonds. The normalized spacial score (nSPS) is 6.86. The van der Waals surface area contributed by atoms with Gasteiger partial charge in [-0.2, -0.15) is 0 Å². The first-order chi connectivity index (χ1) is 3.00. The van der Waals surface area contributed by atoms with Crippen molar-refractivity contribution in [3.8, 4) is 0 Å². The first-order valence-corrected chi connectivity index (χ1v) is 1.70. The number of aromatic nitrogens is 2. The molecule has 0 aliphatic heterocycles. The van der Waals surface area contributed by atoms with Crippen molar-refractivity contribution in [2.24, 2.45) is 0 Å². The second-order valence-corrected chi connectivity index (χ2v) is 0.894. The zero-order chi connectivity index (χ0) is 4.24. The van der Waals surface area contributed by atoms with Crippen molar-refractivity contribution in [2.45, 2.75) is 0 Å². The van der Waals surface area contributed by atoms with Gasteiger partial charge in [0.1, 0.15) is 0 Å². The van der Waals surface area contributed by atoms with Crippen LogP contribution in [0.1, 0.15) is 0 Å². The van der Waals surface area contributed by atoms with Crippen molar-refractivity contribution in [3.63, 3.8) is 0 Å². The first kappa shape index (κ1) is 6.68. The fraction of sp³-hybridized carbons (Fsp3) is 0. The van der Waals surface area contributed by atoms with Crippen LogP contribution < -0.4 is 0 Å². The van der Waals surface area contributed by atoms with Gasteiger partial charge in [-0.25, -0.2) is 0 Å². The van der Waals surface area contributed by atoms with E-state index in [9.17, 15) is 0 Å². The Bertz CT molecular complexity index is 81.6. The van der Waals surface area contributed by atoms with Gasteiger partial charge < -0.3 is 0 Å². The van der Waals surface area contributed by atoms with Crippen LogP contribution in [0, 0.1) is 0 Å². The molecule has 0 saturated heterocycles. The van der Waals surface area contributed by atoms with Crippen molar-refractivity contribution in [1.29, 1.82) is 0 Å². The Balaban J connectivity index is 0.000000360. The molecule has 3 heteroatoms. The first-order valence-electron chi connectivity index (χ1n) is 1.70. The van der Waals surface area contributed by atoms with E-state index in [2.05, 4.69) is 9.97 Å². The Morgan fingerprint density at radius 3 is 1.14 bits per heavy atom. The summed E-state index contributed by atoms with van der Waals surface area (Å²) < 4.78 is 0. The molecule has 1 rings (SSSR count). The summed E-state index contributed by atoms with van der Waals surface area (Å²) in [5, 5.41) is 0. The molecular weight excluding hydrogens is 83.0 g/mol. The van der Waals surface area contributed by atoms with Gasteiger partial charge in [0.15, 0.2) is 0 Å². The van der Waals surface area contributed by atoms with Crippen LogP contribution in [0.15, 0.2) is 24.8 Å². The van der Waals surface area contributed by atoms with Crippen molar-refractivity contribution < 1.29 is 0 Å². The fourth-order valence-corrected chi connectivity index (χ4v) is 0.253. The second-order valence-electron chi connectivity index (χ2n) is 0.894. The van der Waals surface area contributed by atoms with Crippen LogP contribution in [0.3, 0.4) is 0 Å². The molecule has 32 valence electrons. The number of hydrogen-bond acceptors (Lipinski definition) is 2. The topological polar surface area (TPSA) is 25.8 Å². The standard InChI is InChI=1S/C4H4N2.Li.H/c1-2-6-4-3-5-1;;/h1-4H;;. The maximum Gasteiger partial charge on any atom is 0.0451 e. The Labute approximate surface area is 54.2 Å². The molecule has 0 N–H and O–H groups in total. The average molecular weight is 88.0 g/mol. The molecule has 0 spiro atoms. The third-order valence-electron chi connectivity index (χ3n) is 0.478. The molecule has 0 fully saturated rings. The van der Waals surface area contributed by atoms with Crippen LogP contribution in [0.25, 0.3) is 0 Å². The van der Waals surface area contributed by atoms with Gasteiger partial charge in [0.05, 0.1) is 0 Å². The molecular formula is C4H5LiN2. The van der Waals surface area contributed by atoms with Crippen molar-refractivity contribution in [3.05, 3.63) is 24.8 Å². The van der Waals surface area contributed by atoms with Gasteiger partial charge >= 0.3 is 18.9 Å². The predicted octanol–water partition coefficient (Wildman–Crippen LogP) is -0.172. The number of rotatable bonds is 0. The molecule has 0 radical (unpaired) electrons. The zero-order valence-electron chi connectivity index (χ0n) is 3.20. The van der Waals surface area contributed by atoms with E-state index in [0.29, 0.717) is 0 Å². The maximum atomic E-state index is 3.72. The van der Waals surface area contributed by atoms with E-state index in [1.807, 2.05) is 0 Å². The van der Waals surface area contributed by atoms with E-state index in [1.165, 1.54) is 0 Å². The molecule has 2 nitrogen and oxygen atoms in total. The van der Waals surface area contributed by atoms with Crippen LogP contribution in [-0.2, 0) is 0 Å². The summed E-state index contributed by atoms with van der Waals surface area (Å²) >= 11 is 0. The van der Waals surface area contributed by atoms with Gasteiger partial charge in [0.2, 0.25) is 0 Å². The summed E-state index contributed by atoms with van der Waals surface area (Å²) in [5.74, 6) is 0. The molecule has 1 heterocycles. The van der Waals surface area contributed by atoms with E-state index in [1.54, 1.807) is 24.8 Å². The van der Waals surface area contributed by atoms with E-state index in [4.69, 9.17) is 0 Å². The Morgan fingerprint density at radius 1 is 0.714 bits per heavy atom. The summed E-state index contributed by atoms with van der Waals surface area (Å²) in [5.41, 5.74) is 0. The largest absolute Gasteiger partial charge is 0.262 e. The summed E-state index contributed by atoms with van der Waals surface area (Å²) in [4.78, 5) is 7.44. The van der Waals surface area contributed by atoms with Crippen LogP contribution in [0.5, 0.6) is 0 Å². The molecule has 1 aromatic rings.